The number of benzene rings is 1. The molecule has 0 bridgehead atoms. The first kappa shape index (κ1) is 9.38. The summed E-state index contributed by atoms with van der Waals surface area (Å²) in [6.45, 7) is 0. The van der Waals surface area contributed by atoms with Crippen molar-refractivity contribution in [3.05, 3.63) is 23.8 Å². The zero-order valence-corrected chi connectivity index (χ0v) is 9.21. The van der Waals surface area contributed by atoms with Crippen LogP contribution in [0.2, 0.25) is 0 Å². The Hall–Kier alpha value is -1.18. The van der Waals surface area contributed by atoms with Gasteiger partial charge in [-0.25, -0.2) is 0 Å². The van der Waals surface area contributed by atoms with E-state index in [9.17, 15) is 0 Å². The molecule has 0 saturated heterocycles. The molecule has 2 nitrogen and oxygen atoms in total. The Balaban J connectivity index is 2.81. The molecule has 0 amide bonds. The van der Waals surface area contributed by atoms with Gasteiger partial charge in [0.25, 0.3) is 0 Å². The zero-order chi connectivity index (χ0) is 10.1. The molecular formula is C10H8N2S2. The molecule has 0 saturated carbocycles. The summed E-state index contributed by atoms with van der Waals surface area (Å²) < 4.78 is 2.21. The van der Waals surface area contributed by atoms with E-state index in [1.54, 1.807) is 29.2 Å². The number of thioether (sulfide) groups is 1. The molecule has 0 radical (unpaired) electrons. The molecule has 0 aliphatic carbocycles. The molecule has 14 heavy (non-hydrogen) atoms. The summed E-state index contributed by atoms with van der Waals surface area (Å²) in [6, 6.07) is 7.99. The number of hydrogen-bond acceptors (Lipinski definition) is 4. The molecule has 0 unspecified atom stereocenters. The van der Waals surface area contributed by atoms with Gasteiger partial charge >= 0.3 is 0 Å². The lowest BCUT2D eigenvalue weighted by Gasteiger charge is -1.96. The highest BCUT2D eigenvalue weighted by Gasteiger charge is 2.08. The van der Waals surface area contributed by atoms with Gasteiger partial charge in [0.05, 0.1) is 20.2 Å². The Morgan fingerprint density at radius 1 is 1.50 bits per heavy atom. The summed E-state index contributed by atoms with van der Waals surface area (Å²) in [6.07, 6.45) is 2.03. The Labute approximate surface area is 90.3 Å². The van der Waals surface area contributed by atoms with Crippen molar-refractivity contribution in [2.75, 3.05) is 12.0 Å². The van der Waals surface area contributed by atoms with Crippen LogP contribution < -0.4 is 5.73 Å². The van der Waals surface area contributed by atoms with Gasteiger partial charge in [-0.2, -0.15) is 5.26 Å². The molecule has 2 rings (SSSR count). The van der Waals surface area contributed by atoms with Crippen LogP contribution in [0.4, 0.5) is 5.69 Å². The second-order valence-corrected chi connectivity index (χ2v) is 4.99. The molecule has 0 atom stereocenters. The maximum Gasteiger partial charge on any atom is 0.103 e. The minimum atomic E-state index is 0.564. The van der Waals surface area contributed by atoms with E-state index in [0.29, 0.717) is 11.3 Å². The molecule has 1 heterocycles. The summed E-state index contributed by atoms with van der Waals surface area (Å²) in [5, 5.41) is 10.1. The molecule has 4 heteroatoms. The molecule has 1 aromatic heterocycles. The Bertz CT molecular complexity index is 523. The monoisotopic (exact) mass is 220 g/mol. The van der Waals surface area contributed by atoms with Crippen LogP contribution in [0.1, 0.15) is 5.56 Å². The minimum absolute atomic E-state index is 0.564. The standard InChI is InChI=1S/C10H8N2S2/c1-13-9-4-6-2-3-8(12)7(5-11)10(6)14-9/h2-4H,12H2,1H3. The number of nitrogen functional groups attached to an aromatic ring is 1. The van der Waals surface area contributed by atoms with Crippen LogP contribution >= 0.6 is 23.1 Å². The van der Waals surface area contributed by atoms with E-state index in [1.165, 1.54) is 4.21 Å². The highest BCUT2D eigenvalue weighted by molar-refractivity contribution is 8.00. The van der Waals surface area contributed by atoms with Crippen molar-refractivity contribution in [2.45, 2.75) is 4.21 Å². The number of nitriles is 1. The number of hydrogen-bond donors (Lipinski definition) is 1. The molecular weight excluding hydrogens is 212 g/mol. The van der Waals surface area contributed by atoms with Gasteiger partial charge in [-0.15, -0.1) is 23.1 Å². The van der Waals surface area contributed by atoms with Crippen molar-refractivity contribution in [3.63, 3.8) is 0 Å². The number of nitrogens with zero attached hydrogens (tertiary/aromatic N) is 1. The fourth-order valence-electron chi connectivity index (χ4n) is 1.31. The third kappa shape index (κ3) is 1.35. The zero-order valence-electron chi connectivity index (χ0n) is 7.57. The lowest BCUT2D eigenvalue weighted by atomic mass is 10.1. The van der Waals surface area contributed by atoms with E-state index in [4.69, 9.17) is 11.0 Å². The van der Waals surface area contributed by atoms with Crippen LogP contribution in [0, 0.1) is 11.3 Å². The van der Waals surface area contributed by atoms with Gasteiger partial charge in [0, 0.05) is 0 Å². The second kappa shape index (κ2) is 3.52. The first-order valence-electron chi connectivity index (χ1n) is 4.02. The number of nitrogens with two attached hydrogens (primary N) is 1. The summed E-state index contributed by atoms with van der Waals surface area (Å²) in [5.74, 6) is 0. The largest absolute Gasteiger partial charge is 0.398 e. The van der Waals surface area contributed by atoms with Gasteiger partial charge < -0.3 is 5.73 Å². The fourth-order valence-corrected chi connectivity index (χ4v) is 3.04. The molecule has 70 valence electrons. The van der Waals surface area contributed by atoms with Gasteiger partial charge in [0.15, 0.2) is 0 Å². The second-order valence-electron chi connectivity index (χ2n) is 2.83. The third-order valence-electron chi connectivity index (χ3n) is 2.01. The van der Waals surface area contributed by atoms with E-state index in [1.807, 2.05) is 12.3 Å². The number of rotatable bonds is 1. The first-order valence-corrected chi connectivity index (χ1v) is 6.06. The van der Waals surface area contributed by atoms with Crippen LogP contribution in [0.3, 0.4) is 0 Å². The summed E-state index contributed by atoms with van der Waals surface area (Å²) in [7, 11) is 0. The van der Waals surface area contributed by atoms with Crippen molar-refractivity contribution >= 4 is 38.9 Å². The van der Waals surface area contributed by atoms with E-state index >= 15 is 0 Å². The molecule has 0 spiro atoms. The SMILES string of the molecule is CSc1cc2ccc(N)c(C#N)c2s1. The summed E-state index contributed by atoms with van der Waals surface area (Å²) in [4.78, 5) is 0. The van der Waals surface area contributed by atoms with Crippen molar-refractivity contribution in [1.29, 1.82) is 5.26 Å². The van der Waals surface area contributed by atoms with Crippen molar-refractivity contribution < 1.29 is 0 Å². The molecule has 1 aromatic carbocycles. The minimum Gasteiger partial charge on any atom is -0.398 e. The molecule has 0 fully saturated rings. The normalized spacial score (nSPS) is 10.3. The highest BCUT2D eigenvalue weighted by Crippen LogP contribution is 2.35. The third-order valence-corrected chi connectivity index (χ3v) is 4.24. The topological polar surface area (TPSA) is 49.8 Å². The predicted octanol–water partition coefficient (Wildman–Crippen LogP) is 3.08. The van der Waals surface area contributed by atoms with E-state index in [2.05, 4.69) is 12.1 Å². The maximum atomic E-state index is 8.97. The van der Waals surface area contributed by atoms with Crippen molar-refractivity contribution in [1.82, 2.24) is 0 Å². The molecule has 2 N–H and O–H groups in total. The summed E-state index contributed by atoms with van der Waals surface area (Å²) in [5.41, 5.74) is 6.89. The van der Waals surface area contributed by atoms with Crippen molar-refractivity contribution in [2.24, 2.45) is 0 Å². The molecule has 0 aliphatic rings. The van der Waals surface area contributed by atoms with Crippen LogP contribution in [-0.4, -0.2) is 6.26 Å². The van der Waals surface area contributed by atoms with Crippen LogP contribution in [0.5, 0.6) is 0 Å². The molecule has 2 aromatic rings. The van der Waals surface area contributed by atoms with Crippen LogP contribution in [-0.2, 0) is 0 Å². The van der Waals surface area contributed by atoms with Gasteiger partial charge in [0.2, 0.25) is 0 Å². The van der Waals surface area contributed by atoms with E-state index in [0.717, 1.165) is 10.1 Å². The average molecular weight is 220 g/mol. The van der Waals surface area contributed by atoms with Crippen molar-refractivity contribution in [3.8, 4) is 6.07 Å². The van der Waals surface area contributed by atoms with Gasteiger partial charge in [-0.05, 0) is 23.8 Å². The highest BCUT2D eigenvalue weighted by atomic mass is 32.2. The number of thiophene rings is 1. The number of anilines is 1. The van der Waals surface area contributed by atoms with Crippen LogP contribution in [0.15, 0.2) is 22.4 Å². The van der Waals surface area contributed by atoms with Gasteiger partial charge in [0.1, 0.15) is 6.07 Å². The Kier molecular flexibility index (Phi) is 2.36. The maximum absolute atomic E-state index is 8.97. The first-order chi connectivity index (χ1) is 6.76. The Morgan fingerprint density at radius 2 is 2.29 bits per heavy atom. The van der Waals surface area contributed by atoms with Gasteiger partial charge in [-0.3, -0.25) is 0 Å². The fraction of sp³-hybridized carbons (Fsp3) is 0.100. The predicted molar refractivity (Wildman–Crippen MR) is 62.7 cm³/mol. The number of fused-ring (bicyclic) bond motifs is 1. The van der Waals surface area contributed by atoms with E-state index < -0.39 is 0 Å². The average Bonchev–Trinajstić information content (AvgIpc) is 2.60. The quantitative estimate of drug-likeness (QED) is 0.593. The molecule has 0 aliphatic heterocycles. The lowest BCUT2D eigenvalue weighted by Crippen LogP contribution is -1.88. The smallest absolute Gasteiger partial charge is 0.103 e. The van der Waals surface area contributed by atoms with Crippen LogP contribution in [0.25, 0.3) is 10.1 Å². The summed E-state index contributed by atoms with van der Waals surface area (Å²) >= 11 is 3.31. The lowest BCUT2D eigenvalue weighted by molar-refractivity contribution is 1.51. The van der Waals surface area contributed by atoms with E-state index in [-0.39, 0.29) is 0 Å². The Morgan fingerprint density at radius 3 is 2.93 bits per heavy atom. The van der Waals surface area contributed by atoms with Gasteiger partial charge in [-0.1, -0.05) is 6.07 Å².